The van der Waals surface area contributed by atoms with Gasteiger partial charge in [0.2, 0.25) is 0 Å². The number of nitrogens with zero attached hydrogens (tertiary/aromatic N) is 2. The monoisotopic (exact) mass is 348 g/mol. The SMILES string of the molecule is C=CCN(C/C(=N/O)C1CCOCC1)Cc1ccc(OC)cc1OC. The summed E-state index contributed by atoms with van der Waals surface area (Å²) in [5, 5.41) is 13.1. The molecule has 6 nitrogen and oxygen atoms in total. The van der Waals surface area contributed by atoms with Crippen molar-refractivity contribution in [3.8, 4) is 11.5 Å². The third kappa shape index (κ3) is 5.47. The molecule has 0 amide bonds. The minimum atomic E-state index is 0.267. The maximum Gasteiger partial charge on any atom is 0.127 e. The van der Waals surface area contributed by atoms with Crippen LogP contribution in [0.15, 0.2) is 36.0 Å². The molecule has 0 atom stereocenters. The fourth-order valence-electron chi connectivity index (χ4n) is 3.09. The van der Waals surface area contributed by atoms with E-state index in [9.17, 15) is 5.21 Å². The first-order valence-electron chi connectivity index (χ1n) is 8.54. The van der Waals surface area contributed by atoms with Gasteiger partial charge in [-0.2, -0.15) is 0 Å². The number of hydrogen-bond donors (Lipinski definition) is 1. The molecule has 25 heavy (non-hydrogen) atoms. The van der Waals surface area contributed by atoms with E-state index in [0.717, 1.165) is 48.8 Å². The van der Waals surface area contributed by atoms with Crippen LogP contribution in [0.1, 0.15) is 18.4 Å². The second kappa shape index (κ2) is 10.1. The summed E-state index contributed by atoms with van der Waals surface area (Å²) >= 11 is 0. The quantitative estimate of drug-likeness (QED) is 0.322. The summed E-state index contributed by atoms with van der Waals surface area (Å²) in [5.41, 5.74) is 1.85. The van der Waals surface area contributed by atoms with Gasteiger partial charge in [0, 0.05) is 50.4 Å². The predicted molar refractivity (Wildman–Crippen MR) is 97.8 cm³/mol. The Hall–Kier alpha value is -2.05. The van der Waals surface area contributed by atoms with Crippen molar-refractivity contribution in [2.24, 2.45) is 11.1 Å². The fourth-order valence-corrected chi connectivity index (χ4v) is 3.09. The second-order valence-corrected chi connectivity index (χ2v) is 6.11. The molecule has 6 heteroatoms. The summed E-state index contributed by atoms with van der Waals surface area (Å²) in [4.78, 5) is 2.18. The molecular weight excluding hydrogens is 320 g/mol. The molecule has 1 fully saturated rings. The predicted octanol–water partition coefficient (Wildman–Crippen LogP) is 2.95. The lowest BCUT2D eigenvalue weighted by atomic mass is 9.94. The lowest BCUT2D eigenvalue weighted by Gasteiger charge is -2.27. The van der Waals surface area contributed by atoms with Crippen LogP contribution in [0.5, 0.6) is 11.5 Å². The van der Waals surface area contributed by atoms with E-state index < -0.39 is 0 Å². The molecule has 0 saturated carbocycles. The van der Waals surface area contributed by atoms with E-state index in [1.807, 2.05) is 24.3 Å². The standard InChI is InChI=1S/C19H28N2O4/c1-4-9-21(14-18(20-22)15-7-10-25-11-8-15)13-16-5-6-17(23-2)12-19(16)24-3/h4-6,12,15,22H,1,7-11,13-14H2,2-3H3/b20-18-. The van der Waals surface area contributed by atoms with Crippen LogP contribution in [-0.4, -0.2) is 56.3 Å². The van der Waals surface area contributed by atoms with Gasteiger partial charge in [0.15, 0.2) is 0 Å². The van der Waals surface area contributed by atoms with Crippen LogP contribution in [-0.2, 0) is 11.3 Å². The van der Waals surface area contributed by atoms with Crippen molar-refractivity contribution in [3.63, 3.8) is 0 Å². The molecule has 1 aliphatic heterocycles. The van der Waals surface area contributed by atoms with Crippen LogP contribution >= 0.6 is 0 Å². The van der Waals surface area contributed by atoms with Crippen LogP contribution in [0.3, 0.4) is 0 Å². The fraction of sp³-hybridized carbons (Fsp3) is 0.526. The van der Waals surface area contributed by atoms with Gasteiger partial charge in [-0.15, -0.1) is 6.58 Å². The van der Waals surface area contributed by atoms with E-state index in [0.29, 0.717) is 19.6 Å². The van der Waals surface area contributed by atoms with Gasteiger partial charge in [-0.25, -0.2) is 0 Å². The lowest BCUT2D eigenvalue weighted by Crippen LogP contribution is -2.35. The number of oxime groups is 1. The number of hydrogen-bond acceptors (Lipinski definition) is 6. The first kappa shape index (κ1) is 19.3. The molecule has 0 bridgehead atoms. The maximum atomic E-state index is 9.48. The largest absolute Gasteiger partial charge is 0.497 e. The number of methoxy groups -OCH3 is 2. The Morgan fingerprint density at radius 3 is 2.72 bits per heavy atom. The van der Waals surface area contributed by atoms with Crippen molar-refractivity contribution in [1.29, 1.82) is 0 Å². The molecule has 0 radical (unpaired) electrons. The van der Waals surface area contributed by atoms with Crippen molar-refractivity contribution < 1.29 is 19.4 Å². The van der Waals surface area contributed by atoms with E-state index >= 15 is 0 Å². The first-order chi connectivity index (χ1) is 12.2. The van der Waals surface area contributed by atoms with E-state index in [4.69, 9.17) is 14.2 Å². The zero-order chi connectivity index (χ0) is 18.1. The molecule has 0 aliphatic carbocycles. The molecule has 1 heterocycles. The summed E-state index contributed by atoms with van der Waals surface area (Å²) in [6.07, 6.45) is 3.65. The van der Waals surface area contributed by atoms with Gasteiger partial charge in [-0.3, -0.25) is 4.90 Å². The highest BCUT2D eigenvalue weighted by molar-refractivity contribution is 5.88. The van der Waals surface area contributed by atoms with Gasteiger partial charge < -0.3 is 19.4 Å². The third-order valence-electron chi connectivity index (χ3n) is 4.48. The molecule has 1 aromatic carbocycles. The summed E-state index contributed by atoms with van der Waals surface area (Å²) in [5.74, 6) is 1.81. The van der Waals surface area contributed by atoms with E-state index in [2.05, 4.69) is 16.6 Å². The summed E-state index contributed by atoms with van der Waals surface area (Å²) in [7, 11) is 3.29. The van der Waals surface area contributed by atoms with Crippen molar-refractivity contribution >= 4 is 5.71 Å². The minimum Gasteiger partial charge on any atom is -0.497 e. The average molecular weight is 348 g/mol. The molecule has 1 aromatic rings. The Balaban J connectivity index is 2.10. The Bertz CT molecular complexity index is 583. The van der Waals surface area contributed by atoms with Crippen LogP contribution < -0.4 is 9.47 Å². The van der Waals surface area contributed by atoms with Crippen LogP contribution in [0, 0.1) is 5.92 Å². The third-order valence-corrected chi connectivity index (χ3v) is 4.48. The van der Waals surface area contributed by atoms with Gasteiger partial charge in [-0.05, 0) is 18.9 Å². The van der Waals surface area contributed by atoms with Crippen molar-refractivity contribution in [2.75, 3.05) is 40.5 Å². The number of ether oxygens (including phenoxy) is 3. The van der Waals surface area contributed by atoms with Crippen molar-refractivity contribution in [1.82, 2.24) is 4.90 Å². The maximum absolute atomic E-state index is 9.48. The van der Waals surface area contributed by atoms with E-state index in [1.54, 1.807) is 14.2 Å². The first-order valence-corrected chi connectivity index (χ1v) is 8.54. The highest BCUT2D eigenvalue weighted by Gasteiger charge is 2.22. The topological polar surface area (TPSA) is 63.5 Å². The normalized spacial score (nSPS) is 16.0. The molecule has 1 N–H and O–H groups in total. The summed E-state index contributed by atoms with van der Waals surface area (Å²) < 4.78 is 16.1. The van der Waals surface area contributed by atoms with Gasteiger partial charge in [0.25, 0.3) is 0 Å². The lowest BCUT2D eigenvalue weighted by molar-refractivity contribution is 0.0809. The smallest absolute Gasteiger partial charge is 0.127 e. The molecule has 0 spiro atoms. The van der Waals surface area contributed by atoms with Crippen LogP contribution in [0.25, 0.3) is 0 Å². The van der Waals surface area contributed by atoms with Gasteiger partial charge in [0.1, 0.15) is 11.5 Å². The molecule has 138 valence electrons. The summed E-state index contributed by atoms with van der Waals surface area (Å²) in [6, 6.07) is 5.79. The van der Waals surface area contributed by atoms with Gasteiger partial charge in [0.05, 0.1) is 19.9 Å². The Kier molecular flexibility index (Phi) is 7.76. The van der Waals surface area contributed by atoms with Gasteiger partial charge in [-0.1, -0.05) is 17.3 Å². The molecule has 0 aromatic heterocycles. The van der Waals surface area contributed by atoms with E-state index in [-0.39, 0.29) is 5.92 Å². The second-order valence-electron chi connectivity index (χ2n) is 6.11. The number of rotatable bonds is 9. The van der Waals surface area contributed by atoms with Crippen molar-refractivity contribution in [3.05, 3.63) is 36.4 Å². The Morgan fingerprint density at radius 1 is 1.36 bits per heavy atom. The zero-order valence-electron chi connectivity index (χ0n) is 15.1. The molecule has 1 aliphatic rings. The summed E-state index contributed by atoms with van der Waals surface area (Å²) in [6.45, 7) is 7.23. The average Bonchev–Trinajstić information content (AvgIpc) is 2.67. The van der Waals surface area contributed by atoms with E-state index in [1.165, 1.54) is 0 Å². The molecule has 0 unspecified atom stereocenters. The highest BCUT2D eigenvalue weighted by atomic mass is 16.5. The van der Waals surface area contributed by atoms with Gasteiger partial charge >= 0.3 is 0 Å². The molecule has 2 rings (SSSR count). The van der Waals surface area contributed by atoms with Crippen molar-refractivity contribution in [2.45, 2.75) is 19.4 Å². The van der Waals surface area contributed by atoms with Crippen LogP contribution in [0.4, 0.5) is 0 Å². The zero-order valence-corrected chi connectivity index (χ0v) is 15.1. The Morgan fingerprint density at radius 2 is 2.12 bits per heavy atom. The minimum absolute atomic E-state index is 0.267. The van der Waals surface area contributed by atoms with Crippen LogP contribution in [0.2, 0.25) is 0 Å². The highest BCUT2D eigenvalue weighted by Crippen LogP contribution is 2.26. The molecule has 1 saturated heterocycles. The number of benzene rings is 1. The Labute approximate surface area is 149 Å². The molecular formula is C19H28N2O4.